The van der Waals surface area contributed by atoms with E-state index in [1.54, 1.807) is 6.08 Å². The Bertz CT molecular complexity index is 162. The average molecular weight is 198 g/mol. The van der Waals surface area contributed by atoms with Crippen LogP contribution in [0.25, 0.3) is 0 Å². The summed E-state index contributed by atoms with van der Waals surface area (Å²) in [6.07, 6.45) is 12.0. The largest absolute Gasteiger partial charge is 0.396 e. The highest BCUT2D eigenvalue weighted by atomic mass is 16.3. The van der Waals surface area contributed by atoms with Crippen molar-refractivity contribution >= 4 is 0 Å². The Morgan fingerprint density at radius 2 is 2.00 bits per heavy atom. The third-order valence-corrected chi connectivity index (χ3v) is 1.98. The molecule has 0 rings (SSSR count). The number of aliphatic hydroxyl groups excluding tert-OH is 2. The molecule has 0 aromatic heterocycles. The Morgan fingerprint density at radius 1 is 1.21 bits per heavy atom. The van der Waals surface area contributed by atoms with E-state index in [1.165, 1.54) is 12.8 Å². The average Bonchev–Trinajstić information content (AvgIpc) is 2.18. The summed E-state index contributed by atoms with van der Waals surface area (Å²) in [4.78, 5) is 0. The lowest BCUT2D eigenvalue weighted by atomic mass is 10.1. The summed E-state index contributed by atoms with van der Waals surface area (Å²) in [5, 5.41) is 18.0. The quantitative estimate of drug-likeness (QED) is 0.464. The molecule has 0 aromatic rings. The van der Waals surface area contributed by atoms with Gasteiger partial charge in [0.1, 0.15) is 0 Å². The van der Waals surface area contributed by atoms with E-state index in [1.807, 2.05) is 18.2 Å². The molecule has 0 radical (unpaired) electrons. The van der Waals surface area contributed by atoms with Crippen molar-refractivity contribution in [3.8, 4) is 0 Å². The van der Waals surface area contributed by atoms with Crippen LogP contribution >= 0.6 is 0 Å². The van der Waals surface area contributed by atoms with Crippen molar-refractivity contribution in [3.05, 3.63) is 24.3 Å². The Balaban J connectivity index is 3.44. The molecular weight excluding hydrogens is 176 g/mol. The van der Waals surface area contributed by atoms with Crippen LogP contribution in [-0.4, -0.2) is 22.9 Å². The van der Waals surface area contributed by atoms with Gasteiger partial charge in [0, 0.05) is 6.61 Å². The highest BCUT2D eigenvalue weighted by molar-refractivity contribution is 5.04. The van der Waals surface area contributed by atoms with Gasteiger partial charge in [-0.1, -0.05) is 50.5 Å². The first-order valence-electron chi connectivity index (χ1n) is 5.43. The number of rotatable bonds is 8. The number of unbranched alkanes of at least 4 members (excludes halogenated alkanes) is 2. The van der Waals surface area contributed by atoms with Gasteiger partial charge in [0.05, 0.1) is 6.10 Å². The lowest BCUT2D eigenvalue weighted by Crippen LogP contribution is -2.00. The van der Waals surface area contributed by atoms with Crippen LogP contribution in [0.15, 0.2) is 24.3 Å². The van der Waals surface area contributed by atoms with E-state index in [0.29, 0.717) is 6.42 Å². The molecule has 2 heteroatoms. The minimum absolute atomic E-state index is 0.184. The van der Waals surface area contributed by atoms with Crippen LogP contribution in [0.1, 0.15) is 39.0 Å². The van der Waals surface area contributed by atoms with Gasteiger partial charge in [0.15, 0.2) is 0 Å². The topological polar surface area (TPSA) is 40.5 Å². The zero-order valence-corrected chi connectivity index (χ0v) is 9.02. The summed E-state index contributed by atoms with van der Waals surface area (Å²) >= 11 is 0. The van der Waals surface area contributed by atoms with E-state index in [4.69, 9.17) is 5.11 Å². The first kappa shape index (κ1) is 13.4. The maximum atomic E-state index is 9.46. The van der Waals surface area contributed by atoms with Crippen LogP contribution in [0.4, 0.5) is 0 Å². The summed E-state index contributed by atoms with van der Waals surface area (Å²) in [6, 6.07) is 0. The van der Waals surface area contributed by atoms with Crippen LogP contribution < -0.4 is 0 Å². The molecule has 82 valence electrons. The van der Waals surface area contributed by atoms with Crippen molar-refractivity contribution in [1.82, 2.24) is 0 Å². The van der Waals surface area contributed by atoms with E-state index in [2.05, 4.69) is 6.92 Å². The molecule has 1 atom stereocenters. The van der Waals surface area contributed by atoms with Crippen molar-refractivity contribution in [2.24, 2.45) is 0 Å². The summed E-state index contributed by atoms with van der Waals surface area (Å²) in [5.74, 6) is 0. The summed E-state index contributed by atoms with van der Waals surface area (Å²) in [6.45, 7) is 2.34. The van der Waals surface area contributed by atoms with E-state index in [-0.39, 0.29) is 12.7 Å². The molecule has 0 aromatic carbocycles. The summed E-state index contributed by atoms with van der Waals surface area (Å²) in [5.41, 5.74) is 0. The third kappa shape index (κ3) is 9.49. The minimum Gasteiger partial charge on any atom is -0.396 e. The van der Waals surface area contributed by atoms with Gasteiger partial charge in [-0.2, -0.15) is 0 Å². The Kier molecular flexibility index (Phi) is 10.0. The second kappa shape index (κ2) is 10.5. The van der Waals surface area contributed by atoms with E-state index in [9.17, 15) is 5.11 Å². The van der Waals surface area contributed by atoms with Crippen LogP contribution in [0.3, 0.4) is 0 Å². The summed E-state index contributed by atoms with van der Waals surface area (Å²) < 4.78 is 0. The van der Waals surface area contributed by atoms with Gasteiger partial charge in [-0.05, 0) is 12.8 Å². The normalized spacial score (nSPS) is 14.2. The van der Waals surface area contributed by atoms with Crippen molar-refractivity contribution in [3.63, 3.8) is 0 Å². The maximum absolute atomic E-state index is 9.46. The van der Waals surface area contributed by atoms with Crippen LogP contribution in [0.2, 0.25) is 0 Å². The monoisotopic (exact) mass is 198 g/mol. The van der Waals surface area contributed by atoms with Crippen LogP contribution in [0.5, 0.6) is 0 Å². The molecule has 0 saturated heterocycles. The number of hydrogen-bond acceptors (Lipinski definition) is 2. The first-order chi connectivity index (χ1) is 6.81. The molecule has 0 heterocycles. The number of aliphatic hydroxyl groups is 2. The van der Waals surface area contributed by atoms with E-state index < -0.39 is 0 Å². The van der Waals surface area contributed by atoms with Crippen molar-refractivity contribution < 1.29 is 10.2 Å². The lowest BCUT2D eigenvalue weighted by molar-refractivity contribution is 0.208. The van der Waals surface area contributed by atoms with Gasteiger partial charge < -0.3 is 10.2 Å². The highest BCUT2D eigenvalue weighted by Gasteiger charge is 1.96. The van der Waals surface area contributed by atoms with Gasteiger partial charge in [-0.3, -0.25) is 0 Å². The van der Waals surface area contributed by atoms with Gasteiger partial charge in [0.25, 0.3) is 0 Å². The smallest absolute Gasteiger partial charge is 0.0723 e. The van der Waals surface area contributed by atoms with Gasteiger partial charge in [-0.15, -0.1) is 0 Å². The number of allylic oxidation sites excluding steroid dienone is 2. The maximum Gasteiger partial charge on any atom is 0.0723 e. The second-order valence-corrected chi connectivity index (χ2v) is 3.39. The Labute approximate surface area is 87.0 Å². The fourth-order valence-corrected chi connectivity index (χ4v) is 1.14. The van der Waals surface area contributed by atoms with Crippen molar-refractivity contribution in [2.45, 2.75) is 45.1 Å². The molecule has 2 nitrogen and oxygen atoms in total. The Hall–Kier alpha value is -0.600. The van der Waals surface area contributed by atoms with Crippen molar-refractivity contribution in [1.29, 1.82) is 0 Å². The zero-order valence-electron chi connectivity index (χ0n) is 9.02. The molecule has 0 aliphatic carbocycles. The van der Waals surface area contributed by atoms with E-state index >= 15 is 0 Å². The molecule has 0 fully saturated rings. The van der Waals surface area contributed by atoms with Gasteiger partial charge in [0.2, 0.25) is 0 Å². The third-order valence-electron chi connectivity index (χ3n) is 1.98. The molecule has 0 aliphatic rings. The molecule has 0 aliphatic heterocycles. The second-order valence-electron chi connectivity index (χ2n) is 3.39. The highest BCUT2D eigenvalue weighted by Crippen LogP contribution is 2.04. The van der Waals surface area contributed by atoms with E-state index in [0.717, 1.165) is 12.8 Å². The molecule has 14 heavy (non-hydrogen) atoms. The standard InChI is InChI=1S/C12H22O2/c1-2-3-6-9-12(14)10-7-4-5-8-11-13/h4-5,7,10,12-14H,2-3,6,8-9,11H2,1H3. The first-order valence-corrected chi connectivity index (χ1v) is 5.43. The molecule has 1 unspecified atom stereocenters. The minimum atomic E-state index is -0.319. The van der Waals surface area contributed by atoms with Gasteiger partial charge in [-0.25, -0.2) is 0 Å². The molecule has 0 saturated carbocycles. The van der Waals surface area contributed by atoms with Crippen LogP contribution in [0, 0.1) is 0 Å². The lowest BCUT2D eigenvalue weighted by Gasteiger charge is -2.02. The molecule has 0 spiro atoms. The van der Waals surface area contributed by atoms with Gasteiger partial charge >= 0.3 is 0 Å². The Morgan fingerprint density at radius 3 is 2.64 bits per heavy atom. The predicted octanol–water partition coefficient (Wildman–Crippen LogP) is 2.42. The fourth-order valence-electron chi connectivity index (χ4n) is 1.14. The number of hydrogen-bond donors (Lipinski definition) is 2. The molecular formula is C12H22O2. The SMILES string of the molecule is CCCCCC(O)C=CC=CCCO. The predicted molar refractivity (Wildman–Crippen MR) is 60.1 cm³/mol. The molecule has 2 N–H and O–H groups in total. The summed E-state index contributed by atoms with van der Waals surface area (Å²) in [7, 11) is 0. The zero-order chi connectivity index (χ0) is 10.6. The van der Waals surface area contributed by atoms with Crippen LogP contribution in [-0.2, 0) is 0 Å². The fraction of sp³-hybridized carbons (Fsp3) is 0.667. The molecule has 0 bridgehead atoms. The molecule has 0 amide bonds. The van der Waals surface area contributed by atoms with Crippen molar-refractivity contribution in [2.75, 3.05) is 6.61 Å².